The van der Waals surface area contributed by atoms with E-state index in [0.717, 1.165) is 5.56 Å². The molecule has 0 heterocycles. The number of aliphatic hydroxyl groups is 1. The monoisotopic (exact) mass is 371 g/mol. The maximum atomic E-state index is 10.7. The van der Waals surface area contributed by atoms with Crippen LogP contribution in [-0.2, 0) is 11.2 Å². The highest BCUT2D eigenvalue weighted by molar-refractivity contribution is 5.65. The van der Waals surface area contributed by atoms with Crippen molar-refractivity contribution >= 4 is 5.97 Å². The molecule has 0 aliphatic carbocycles. The van der Waals surface area contributed by atoms with Crippen molar-refractivity contribution < 1.29 is 20.7 Å². The Labute approximate surface area is 163 Å². The summed E-state index contributed by atoms with van der Waals surface area (Å²) in [4.78, 5) is 10.7. The van der Waals surface area contributed by atoms with Crippen molar-refractivity contribution in [3.05, 3.63) is 71.3 Å². The number of carboxylic acids is 1. The van der Waals surface area contributed by atoms with Crippen molar-refractivity contribution in [2.45, 2.75) is 58.6 Å². The van der Waals surface area contributed by atoms with E-state index in [1.54, 1.807) is 0 Å². The predicted molar refractivity (Wildman–Crippen MR) is 107 cm³/mol. The molecule has 0 fully saturated rings. The lowest BCUT2D eigenvalue weighted by atomic mass is 9.82. The van der Waals surface area contributed by atoms with Crippen LogP contribution < -0.4 is 10.8 Å². The first-order valence-corrected chi connectivity index (χ1v) is 9.50. The highest BCUT2D eigenvalue weighted by atomic mass is 16.4. The highest BCUT2D eigenvalue weighted by Gasteiger charge is 2.30. The maximum Gasteiger partial charge on any atom is 0.107 e. The zero-order valence-corrected chi connectivity index (χ0v) is 16.9. The van der Waals surface area contributed by atoms with Gasteiger partial charge in [-0.3, -0.25) is 0 Å². The lowest BCUT2D eigenvalue weighted by molar-refractivity contribution is -0.420. The normalized spacial score (nSPS) is 14.0. The van der Waals surface area contributed by atoms with Gasteiger partial charge < -0.3 is 20.7 Å². The van der Waals surface area contributed by atoms with Crippen molar-refractivity contribution in [1.82, 2.24) is 0 Å². The van der Waals surface area contributed by atoms with Gasteiger partial charge in [0.25, 0.3) is 0 Å². The molecule has 0 saturated carbocycles. The topological polar surface area (TPSA) is 88.0 Å². The fourth-order valence-electron chi connectivity index (χ4n) is 2.73. The minimum Gasteiger partial charge on any atom is -0.550 e. The molecule has 0 amide bonds. The molecule has 0 aromatic heterocycles. The lowest BCUT2D eigenvalue weighted by Gasteiger charge is -2.32. The van der Waals surface area contributed by atoms with Crippen LogP contribution in [0.5, 0.6) is 0 Å². The van der Waals surface area contributed by atoms with Gasteiger partial charge in [-0.25, -0.2) is 0 Å². The van der Waals surface area contributed by atoms with Gasteiger partial charge >= 0.3 is 0 Å². The smallest absolute Gasteiger partial charge is 0.107 e. The van der Waals surface area contributed by atoms with Crippen molar-refractivity contribution in [2.24, 2.45) is 5.92 Å². The van der Waals surface area contributed by atoms with Crippen LogP contribution in [0.2, 0.25) is 0 Å². The predicted octanol–water partition coefficient (Wildman–Crippen LogP) is 2.44. The third-order valence-electron chi connectivity index (χ3n) is 4.86. The first-order chi connectivity index (χ1) is 12.6. The molecule has 4 nitrogen and oxygen atoms in total. The highest BCUT2D eigenvalue weighted by Crippen LogP contribution is 2.26. The van der Waals surface area contributed by atoms with Crippen LogP contribution >= 0.6 is 0 Å². The molecule has 0 radical (unpaired) electrons. The summed E-state index contributed by atoms with van der Waals surface area (Å²) in [5.41, 5.74) is 6.32. The summed E-state index contributed by atoms with van der Waals surface area (Å²) in [5.74, 6) is -1.31. The number of rotatable bonds is 7. The lowest BCUT2D eigenvalue weighted by Crippen LogP contribution is -2.51. The zero-order valence-electron chi connectivity index (χ0n) is 16.9. The van der Waals surface area contributed by atoms with E-state index in [1.807, 2.05) is 63.2 Å². The van der Waals surface area contributed by atoms with Crippen LogP contribution in [0.15, 0.2) is 54.6 Å². The Morgan fingerprint density at radius 2 is 1.63 bits per heavy atom. The first kappa shape index (κ1) is 22.9. The maximum absolute atomic E-state index is 10.7. The molecule has 2 aromatic carbocycles. The van der Waals surface area contributed by atoms with E-state index in [9.17, 15) is 15.0 Å². The van der Waals surface area contributed by atoms with E-state index >= 15 is 0 Å². The number of hydrogen-bond acceptors (Lipinski definition) is 3. The average molecular weight is 372 g/mol. The number of carboxylic acid groups (broad SMARTS) is 1. The molecule has 148 valence electrons. The first-order valence-electron chi connectivity index (χ1n) is 9.50. The van der Waals surface area contributed by atoms with Crippen molar-refractivity contribution in [1.29, 1.82) is 0 Å². The second kappa shape index (κ2) is 10.9. The van der Waals surface area contributed by atoms with Gasteiger partial charge in [0.15, 0.2) is 0 Å². The Morgan fingerprint density at radius 1 is 1.07 bits per heavy atom. The molecule has 4 heteroatoms. The van der Waals surface area contributed by atoms with Gasteiger partial charge in [-0.1, -0.05) is 74.0 Å². The largest absolute Gasteiger partial charge is 0.550 e. The third kappa shape index (κ3) is 8.37. The van der Waals surface area contributed by atoms with Crippen molar-refractivity contribution in [3.63, 3.8) is 0 Å². The van der Waals surface area contributed by atoms with Gasteiger partial charge in [0.05, 0.1) is 5.60 Å². The van der Waals surface area contributed by atoms with Crippen LogP contribution in [0.3, 0.4) is 0 Å². The number of aliphatic carboxylic acids is 1. The van der Waals surface area contributed by atoms with E-state index in [0.29, 0.717) is 18.9 Å². The van der Waals surface area contributed by atoms with Crippen molar-refractivity contribution in [3.8, 4) is 0 Å². The molecule has 0 aliphatic heterocycles. The Morgan fingerprint density at radius 3 is 2.04 bits per heavy atom. The molecule has 2 rings (SSSR count). The van der Waals surface area contributed by atoms with Gasteiger partial charge in [-0.2, -0.15) is 0 Å². The number of benzene rings is 2. The second-order valence-corrected chi connectivity index (χ2v) is 7.60. The molecule has 27 heavy (non-hydrogen) atoms. The molecule has 0 unspecified atom stereocenters. The second-order valence-electron chi connectivity index (χ2n) is 7.60. The molecule has 0 aliphatic rings. The van der Waals surface area contributed by atoms with Gasteiger partial charge in [0.1, 0.15) is 6.04 Å². The Balaban J connectivity index is 0.000000337. The van der Waals surface area contributed by atoms with Crippen molar-refractivity contribution in [2.75, 3.05) is 0 Å². The summed E-state index contributed by atoms with van der Waals surface area (Å²) in [7, 11) is 0. The molecule has 2 aromatic rings. The summed E-state index contributed by atoms with van der Waals surface area (Å²) in [6, 6.07) is 18.7. The van der Waals surface area contributed by atoms with Crippen LogP contribution in [0.1, 0.15) is 56.3 Å². The quantitative estimate of drug-likeness (QED) is 0.783. The molecular formula is C23H33NO3. The number of carbonyl (C=O) groups excluding carboxylic acids is 1. The third-order valence-corrected chi connectivity index (χ3v) is 4.86. The van der Waals surface area contributed by atoms with Gasteiger partial charge in [0, 0.05) is 18.0 Å². The van der Waals surface area contributed by atoms with Crippen LogP contribution in [-0.4, -0.2) is 16.7 Å². The van der Waals surface area contributed by atoms with E-state index in [2.05, 4.69) is 24.8 Å². The van der Waals surface area contributed by atoms with Gasteiger partial charge in [-0.05, 0) is 38.2 Å². The molecular weight excluding hydrogens is 338 g/mol. The number of carbonyl (C=O) groups is 1. The van der Waals surface area contributed by atoms with Gasteiger partial charge in [-0.15, -0.1) is 0 Å². The standard InChI is InChI=1S/C15H22O3.C8H11N/c1-11(2)15(18,10-14(16)17)9-8-13-6-4-12(3)5-7-13;1-7(9)8-5-3-2-4-6-8/h4-7,11,18H,8-10H2,1-3H3,(H,16,17);2-7H,9H2,1H3/t15-;7-/m01/s1. The van der Waals surface area contributed by atoms with E-state index in [1.165, 1.54) is 11.1 Å². The van der Waals surface area contributed by atoms with Crippen LogP contribution in [0.25, 0.3) is 0 Å². The van der Waals surface area contributed by atoms with E-state index < -0.39 is 11.6 Å². The zero-order chi connectivity index (χ0) is 20.4. The molecule has 0 saturated heterocycles. The molecule has 0 bridgehead atoms. The Bertz CT molecular complexity index is 681. The fourth-order valence-corrected chi connectivity index (χ4v) is 2.73. The SMILES string of the molecule is C[C@@H]([NH3+])c1ccccc1.Cc1ccc(CC[C@](O)(CC(=O)[O-])C(C)C)cc1. The molecule has 2 atom stereocenters. The van der Waals surface area contributed by atoms with E-state index in [-0.39, 0.29) is 12.3 Å². The van der Waals surface area contributed by atoms with Crippen LogP contribution in [0, 0.1) is 12.8 Å². The van der Waals surface area contributed by atoms with Crippen LogP contribution in [0.4, 0.5) is 0 Å². The Hall–Kier alpha value is -2.17. The Kier molecular flexibility index (Phi) is 9.19. The van der Waals surface area contributed by atoms with Gasteiger partial charge in [0.2, 0.25) is 0 Å². The fraction of sp³-hybridized carbons (Fsp3) is 0.435. The number of hydrogen-bond donors (Lipinski definition) is 2. The number of aryl methyl sites for hydroxylation is 2. The minimum atomic E-state index is -1.20. The molecule has 4 N–H and O–H groups in total. The minimum absolute atomic E-state index is 0.110. The van der Waals surface area contributed by atoms with E-state index in [4.69, 9.17) is 0 Å². The molecule has 0 spiro atoms. The average Bonchev–Trinajstić information content (AvgIpc) is 2.62. The summed E-state index contributed by atoms with van der Waals surface area (Å²) in [6.07, 6.45) is 0.792. The summed E-state index contributed by atoms with van der Waals surface area (Å²) in [6.45, 7) is 7.77. The summed E-state index contributed by atoms with van der Waals surface area (Å²) < 4.78 is 0. The number of quaternary nitrogens is 1. The summed E-state index contributed by atoms with van der Waals surface area (Å²) in [5, 5.41) is 21.1. The summed E-state index contributed by atoms with van der Waals surface area (Å²) >= 11 is 0.